The molecule has 0 N–H and O–H groups in total. The van der Waals surface area contributed by atoms with E-state index < -0.39 is 18.5 Å². The van der Waals surface area contributed by atoms with Gasteiger partial charge in [-0.2, -0.15) is 22.0 Å². The van der Waals surface area contributed by atoms with E-state index >= 15 is 0 Å². The first kappa shape index (κ1) is 16.1. The molecule has 1 unspecified atom stereocenters. The number of hydrogen-bond donors (Lipinski definition) is 0. The predicted molar refractivity (Wildman–Crippen MR) is 71.2 cm³/mol. The number of rotatable bonds is 4. The molecule has 1 heterocycles. The summed E-state index contributed by atoms with van der Waals surface area (Å²) >= 11 is 0.419. The maximum absolute atomic E-state index is 12.4. The maximum atomic E-state index is 12.4. The first-order valence-corrected chi connectivity index (χ1v) is 7.02. The van der Waals surface area contributed by atoms with Crippen molar-refractivity contribution >= 4 is 16.8 Å². The second-order valence-electron chi connectivity index (χ2n) is 4.41. The molecular weight excluding hydrogens is 313 g/mol. The number of aliphatic imine (C=N–C) groups is 1. The van der Waals surface area contributed by atoms with E-state index in [0.29, 0.717) is 29.8 Å². The minimum absolute atomic E-state index is 0.0917. The van der Waals surface area contributed by atoms with Gasteiger partial charge < -0.3 is 4.74 Å². The van der Waals surface area contributed by atoms with Gasteiger partial charge in [-0.3, -0.25) is 4.99 Å². The van der Waals surface area contributed by atoms with Gasteiger partial charge in [0.2, 0.25) is 0 Å². The average molecular weight is 325 g/mol. The van der Waals surface area contributed by atoms with Crippen LogP contribution in [0.25, 0.3) is 0 Å². The van der Waals surface area contributed by atoms with Crippen molar-refractivity contribution in [3.8, 4) is 5.75 Å². The zero-order chi connectivity index (χ0) is 15.5. The Morgan fingerprint density at radius 1 is 1.24 bits per heavy atom. The quantitative estimate of drug-likeness (QED) is 0.762. The van der Waals surface area contributed by atoms with Gasteiger partial charge in [-0.15, -0.1) is 0 Å². The summed E-state index contributed by atoms with van der Waals surface area (Å²) in [5.41, 5.74) is 0.749. The first-order chi connectivity index (χ1) is 9.85. The second-order valence-corrected chi connectivity index (χ2v) is 5.42. The molecule has 0 fully saturated rings. The van der Waals surface area contributed by atoms with Crippen LogP contribution >= 0.6 is 11.8 Å². The molecule has 1 atom stereocenters. The lowest BCUT2D eigenvalue weighted by molar-refractivity contribution is -0.153. The van der Waals surface area contributed by atoms with Crippen molar-refractivity contribution < 1.29 is 26.7 Å². The highest BCUT2D eigenvalue weighted by Gasteiger charge is 2.29. The van der Waals surface area contributed by atoms with Gasteiger partial charge in [-0.25, -0.2) is 0 Å². The summed E-state index contributed by atoms with van der Waals surface area (Å²) in [6.45, 7) is -0.879. The molecule has 0 aromatic heterocycles. The third-order valence-electron chi connectivity index (χ3n) is 2.88. The molecule has 116 valence electrons. The average Bonchev–Trinajstić information content (AvgIpc) is 2.83. The van der Waals surface area contributed by atoms with Crippen LogP contribution in [-0.4, -0.2) is 30.1 Å². The predicted octanol–water partition coefficient (Wildman–Crippen LogP) is 4.47. The molecule has 0 bridgehead atoms. The van der Waals surface area contributed by atoms with E-state index in [1.807, 2.05) is 0 Å². The Morgan fingerprint density at radius 3 is 2.48 bits per heavy atom. The monoisotopic (exact) mass is 325 g/mol. The van der Waals surface area contributed by atoms with Crippen LogP contribution in [0.1, 0.15) is 17.9 Å². The minimum Gasteiger partial charge on any atom is -0.484 e. The minimum atomic E-state index is -4.39. The molecule has 0 aliphatic carbocycles. The molecule has 1 aromatic carbocycles. The van der Waals surface area contributed by atoms with Crippen molar-refractivity contribution in [1.29, 1.82) is 0 Å². The molecule has 1 aliphatic heterocycles. The van der Waals surface area contributed by atoms with Crippen molar-refractivity contribution in [1.82, 2.24) is 0 Å². The van der Waals surface area contributed by atoms with E-state index in [1.165, 1.54) is 12.1 Å². The molecule has 2 nitrogen and oxygen atoms in total. The topological polar surface area (TPSA) is 21.6 Å². The van der Waals surface area contributed by atoms with Crippen molar-refractivity contribution in [3.05, 3.63) is 29.8 Å². The van der Waals surface area contributed by atoms with Gasteiger partial charge in [-0.1, -0.05) is 12.1 Å². The molecule has 0 saturated carbocycles. The fourth-order valence-electron chi connectivity index (χ4n) is 2.02. The fourth-order valence-corrected chi connectivity index (χ4v) is 2.79. The number of thioether (sulfide) groups is 1. The van der Waals surface area contributed by atoms with E-state index in [0.717, 1.165) is 5.56 Å². The van der Waals surface area contributed by atoms with Crippen LogP contribution in [0.3, 0.4) is 0 Å². The van der Waals surface area contributed by atoms with Gasteiger partial charge in [0.15, 0.2) is 6.61 Å². The number of alkyl halides is 5. The molecule has 0 radical (unpaired) electrons. The highest BCUT2D eigenvalue weighted by Crippen LogP contribution is 2.35. The van der Waals surface area contributed by atoms with Gasteiger partial charge >= 0.3 is 6.18 Å². The van der Waals surface area contributed by atoms with Crippen molar-refractivity contribution in [2.75, 3.05) is 13.2 Å². The molecule has 8 heteroatoms. The Morgan fingerprint density at radius 2 is 1.90 bits per heavy atom. The van der Waals surface area contributed by atoms with E-state index in [2.05, 4.69) is 9.73 Å². The molecule has 0 amide bonds. The lowest BCUT2D eigenvalue weighted by atomic mass is 9.98. The van der Waals surface area contributed by atoms with Gasteiger partial charge in [0.25, 0.3) is 5.76 Å². The zero-order valence-electron chi connectivity index (χ0n) is 10.7. The Hall–Kier alpha value is -1.31. The van der Waals surface area contributed by atoms with Crippen LogP contribution in [-0.2, 0) is 0 Å². The van der Waals surface area contributed by atoms with Crippen LogP contribution < -0.4 is 4.74 Å². The third-order valence-corrected chi connectivity index (χ3v) is 3.71. The number of halogens is 5. The van der Waals surface area contributed by atoms with Crippen molar-refractivity contribution in [2.45, 2.75) is 24.3 Å². The van der Waals surface area contributed by atoms with Crippen LogP contribution in [0, 0.1) is 0 Å². The number of hydrogen-bond acceptors (Lipinski definition) is 3. The molecule has 2 rings (SSSR count). The molecule has 1 aliphatic rings. The summed E-state index contributed by atoms with van der Waals surface area (Å²) in [6.07, 6.45) is -3.77. The Labute approximate surface area is 122 Å². The number of ether oxygens (including phenoxy) is 1. The van der Waals surface area contributed by atoms with Gasteiger partial charge in [0.1, 0.15) is 5.75 Å². The summed E-state index contributed by atoms with van der Waals surface area (Å²) in [7, 11) is 0. The van der Waals surface area contributed by atoms with Gasteiger partial charge in [0, 0.05) is 12.5 Å². The molecule has 0 saturated heterocycles. The SMILES string of the molecule is FC(F)SC1=NCCC1c1ccc(OCC(F)(F)F)cc1. The number of nitrogens with zero attached hydrogens (tertiary/aromatic N) is 1. The fraction of sp³-hybridized carbons (Fsp3) is 0.462. The van der Waals surface area contributed by atoms with Crippen LogP contribution in [0.4, 0.5) is 22.0 Å². The summed E-state index contributed by atoms with van der Waals surface area (Å²) in [5.74, 6) is -2.66. The molecular formula is C13H12F5NOS. The molecule has 0 spiro atoms. The second kappa shape index (κ2) is 6.64. The third kappa shape index (κ3) is 4.87. The van der Waals surface area contributed by atoms with Crippen molar-refractivity contribution in [2.24, 2.45) is 4.99 Å². The highest BCUT2D eigenvalue weighted by atomic mass is 32.2. The standard InChI is InChI=1S/C13H12F5NOS/c14-12(15)21-11-10(5-6-19-11)8-1-3-9(4-2-8)20-7-13(16,17)18/h1-4,10,12H,5-7H2. The maximum Gasteiger partial charge on any atom is 0.422 e. The zero-order valence-corrected chi connectivity index (χ0v) is 11.6. The Balaban J connectivity index is 2.00. The normalized spacial score (nSPS) is 19.0. The number of benzene rings is 1. The lowest BCUT2D eigenvalue weighted by Gasteiger charge is -2.14. The highest BCUT2D eigenvalue weighted by molar-refractivity contribution is 8.14. The summed E-state index contributed by atoms with van der Waals surface area (Å²) in [4.78, 5) is 4.04. The summed E-state index contributed by atoms with van der Waals surface area (Å²) < 4.78 is 65.5. The molecule has 21 heavy (non-hydrogen) atoms. The van der Waals surface area contributed by atoms with E-state index in [1.54, 1.807) is 12.1 Å². The van der Waals surface area contributed by atoms with E-state index in [9.17, 15) is 22.0 Å². The molecule has 1 aromatic rings. The Kier molecular flexibility index (Phi) is 5.08. The summed E-state index contributed by atoms with van der Waals surface area (Å²) in [5, 5.41) is 0.369. The first-order valence-electron chi connectivity index (χ1n) is 6.14. The Bertz CT molecular complexity index is 500. The van der Waals surface area contributed by atoms with Crippen LogP contribution in [0.2, 0.25) is 0 Å². The summed E-state index contributed by atoms with van der Waals surface area (Å²) in [6, 6.07) is 5.99. The largest absolute Gasteiger partial charge is 0.484 e. The van der Waals surface area contributed by atoms with Gasteiger partial charge in [0.05, 0.1) is 5.04 Å². The van der Waals surface area contributed by atoms with Crippen LogP contribution in [0.15, 0.2) is 29.3 Å². The van der Waals surface area contributed by atoms with Crippen LogP contribution in [0.5, 0.6) is 5.75 Å². The van der Waals surface area contributed by atoms with Gasteiger partial charge in [-0.05, 0) is 35.9 Å². The smallest absolute Gasteiger partial charge is 0.422 e. The lowest BCUT2D eigenvalue weighted by Crippen LogP contribution is -2.19. The van der Waals surface area contributed by atoms with E-state index in [4.69, 9.17) is 0 Å². The van der Waals surface area contributed by atoms with Crippen molar-refractivity contribution in [3.63, 3.8) is 0 Å². The van der Waals surface area contributed by atoms with E-state index in [-0.39, 0.29) is 11.7 Å².